The van der Waals surface area contributed by atoms with Crippen LogP contribution in [0.5, 0.6) is 0 Å². The van der Waals surface area contributed by atoms with E-state index in [0.29, 0.717) is 0 Å². The van der Waals surface area contributed by atoms with Gasteiger partial charge in [-0.3, -0.25) is 4.79 Å². The SMILES string of the molecule is C=C(C)C#C/C(C)=C/C=O. The third-order valence-corrected chi connectivity index (χ3v) is 0.791. The lowest BCUT2D eigenvalue weighted by atomic mass is 10.2. The largest absolute Gasteiger partial charge is 0.299 e. The van der Waals surface area contributed by atoms with E-state index >= 15 is 0 Å². The molecule has 52 valence electrons. The highest BCUT2D eigenvalue weighted by molar-refractivity contribution is 5.67. The van der Waals surface area contributed by atoms with Gasteiger partial charge < -0.3 is 0 Å². The van der Waals surface area contributed by atoms with Gasteiger partial charge in [0.25, 0.3) is 0 Å². The van der Waals surface area contributed by atoms with Gasteiger partial charge in [0.15, 0.2) is 0 Å². The van der Waals surface area contributed by atoms with E-state index < -0.39 is 0 Å². The predicted octanol–water partition coefficient (Wildman–Crippen LogP) is 1.71. The van der Waals surface area contributed by atoms with Crippen molar-refractivity contribution in [2.45, 2.75) is 13.8 Å². The van der Waals surface area contributed by atoms with E-state index in [1.165, 1.54) is 6.08 Å². The molecule has 10 heavy (non-hydrogen) atoms. The first-order chi connectivity index (χ1) is 4.66. The van der Waals surface area contributed by atoms with Crippen molar-refractivity contribution in [2.75, 3.05) is 0 Å². The van der Waals surface area contributed by atoms with Gasteiger partial charge >= 0.3 is 0 Å². The van der Waals surface area contributed by atoms with Crippen LogP contribution < -0.4 is 0 Å². The fourth-order valence-corrected chi connectivity index (χ4v) is 0.349. The Morgan fingerprint density at radius 1 is 1.40 bits per heavy atom. The minimum atomic E-state index is 0.725. The van der Waals surface area contributed by atoms with Gasteiger partial charge in [-0.05, 0) is 25.5 Å². The molecule has 0 saturated carbocycles. The normalized spacial score (nSPS) is 9.60. The van der Waals surface area contributed by atoms with Crippen LogP contribution in [-0.2, 0) is 4.79 Å². The molecule has 0 aliphatic carbocycles. The van der Waals surface area contributed by atoms with Crippen molar-refractivity contribution in [1.82, 2.24) is 0 Å². The van der Waals surface area contributed by atoms with Crippen molar-refractivity contribution in [3.8, 4) is 11.8 Å². The van der Waals surface area contributed by atoms with Crippen molar-refractivity contribution in [2.24, 2.45) is 0 Å². The molecule has 0 atom stereocenters. The zero-order chi connectivity index (χ0) is 7.98. The number of hydrogen-bond acceptors (Lipinski definition) is 1. The molecule has 0 aromatic rings. The maximum atomic E-state index is 9.89. The molecular formula is C9H10O. The van der Waals surface area contributed by atoms with Crippen molar-refractivity contribution in [1.29, 1.82) is 0 Å². The third kappa shape index (κ3) is 4.86. The topological polar surface area (TPSA) is 17.1 Å². The summed E-state index contributed by atoms with van der Waals surface area (Å²) in [5.74, 6) is 5.52. The second kappa shape index (κ2) is 4.58. The fourth-order valence-electron chi connectivity index (χ4n) is 0.349. The predicted molar refractivity (Wildman–Crippen MR) is 42.4 cm³/mol. The van der Waals surface area contributed by atoms with Crippen molar-refractivity contribution in [3.63, 3.8) is 0 Å². The van der Waals surface area contributed by atoms with Crippen LogP contribution in [-0.4, -0.2) is 6.29 Å². The smallest absolute Gasteiger partial charge is 0.143 e. The van der Waals surface area contributed by atoms with E-state index in [9.17, 15) is 4.79 Å². The first kappa shape index (κ1) is 8.71. The van der Waals surface area contributed by atoms with Crippen LogP contribution in [0.15, 0.2) is 23.8 Å². The number of carbonyl (C=O) groups excluding carboxylic acids is 1. The molecule has 0 bridgehead atoms. The summed E-state index contributed by atoms with van der Waals surface area (Å²) in [4.78, 5) is 9.89. The van der Waals surface area contributed by atoms with Gasteiger partial charge in [-0.25, -0.2) is 0 Å². The summed E-state index contributed by atoms with van der Waals surface area (Å²) in [6.45, 7) is 7.20. The Morgan fingerprint density at radius 3 is 2.40 bits per heavy atom. The molecule has 0 radical (unpaired) electrons. The second-order valence-corrected chi connectivity index (χ2v) is 2.02. The average molecular weight is 134 g/mol. The van der Waals surface area contributed by atoms with E-state index in [2.05, 4.69) is 18.4 Å². The monoisotopic (exact) mass is 134 g/mol. The molecule has 0 aromatic heterocycles. The standard InChI is InChI=1S/C9H10O/c1-8(2)4-5-9(3)6-7-10/h6-7H,1H2,2-3H3/b9-6+. The molecule has 0 aromatic carbocycles. The first-order valence-corrected chi connectivity index (χ1v) is 2.96. The molecule has 0 rings (SSSR count). The lowest BCUT2D eigenvalue weighted by Gasteiger charge is -1.80. The zero-order valence-corrected chi connectivity index (χ0v) is 6.27. The van der Waals surface area contributed by atoms with E-state index in [0.717, 1.165) is 17.4 Å². The van der Waals surface area contributed by atoms with Gasteiger partial charge in [0.2, 0.25) is 0 Å². The Bertz CT molecular complexity index is 223. The zero-order valence-electron chi connectivity index (χ0n) is 6.27. The van der Waals surface area contributed by atoms with E-state index in [1.54, 1.807) is 6.92 Å². The molecule has 0 aliphatic heterocycles. The van der Waals surface area contributed by atoms with Crippen molar-refractivity contribution >= 4 is 6.29 Å². The summed E-state index contributed by atoms with van der Waals surface area (Å²) in [5.41, 5.74) is 1.57. The molecule has 1 nitrogen and oxygen atoms in total. The third-order valence-electron chi connectivity index (χ3n) is 0.791. The first-order valence-electron chi connectivity index (χ1n) is 2.96. The van der Waals surface area contributed by atoms with E-state index in [1.807, 2.05) is 6.92 Å². The van der Waals surface area contributed by atoms with Crippen LogP contribution in [0.3, 0.4) is 0 Å². The molecule has 1 heteroatoms. The molecule has 0 aliphatic rings. The van der Waals surface area contributed by atoms with E-state index in [4.69, 9.17) is 0 Å². The summed E-state index contributed by atoms with van der Waals surface area (Å²) in [6, 6.07) is 0. The van der Waals surface area contributed by atoms with Crippen molar-refractivity contribution in [3.05, 3.63) is 23.8 Å². The van der Waals surface area contributed by atoms with Gasteiger partial charge in [0.1, 0.15) is 6.29 Å². The van der Waals surface area contributed by atoms with Crippen LogP contribution in [0.1, 0.15) is 13.8 Å². The van der Waals surface area contributed by atoms with Gasteiger partial charge in [-0.15, -0.1) is 0 Å². The summed E-state index contributed by atoms with van der Waals surface area (Å²) < 4.78 is 0. The maximum absolute atomic E-state index is 9.89. The van der Waals surface area contributed by atoms with Crippen molar-refractivity contribution < 1.29 is 4.79 Å². The van der Waals surface area contributed by atoms with Crippen LogP contribution in [0.4, 0.5) is 0 Å². The minimum Gasteiger partial charge on any atom is -0.299 e. The molecule has 0 saturated heterocycles. The summed E-state index contributed by atoms with van der Waals surface area (Å²) in [7, 11) is 0. The highest BCUT2D eigenvalue weighted by Gasteiger charge is 1.77. The molecule has 0 fully saturated rings. The highest BCUT2D eigenvalue weighted by atomic mass is 16.1. The van der Waals surface area contributed by atoms with Gasteiger partial charge in [-0.2, -0.15) is 0 Å². The maximum Gasteiger partial charge on any atom is 0.143 e. The molecule has 0 spiro atoms. The van der Waals surface area contributed by atoms with Gasteiger partial charge in [0, 0.05) is 5.57 Å². The summed E-state index contributed by atoms with van der Waals surface area (Å²) >= 11 is 0. The Hall–Kier alpha value is -1.29. The van der Waals surface area contributed by atoms with Crippen LogP contribution >= 0.6 is 0 Å². The molecule has 0 N–H and O–H groups in total. The number of carbonyl (C=O) groups is 1. The minimum absolute atomic E-state index is 0.725. The summed E-state index contributed by atoms with van der Waals surface area (Å²) in [5, 5.41) is 0. The number of allylic oxidation sites excluding steroid dienone is 3. The quantitative estimate of drug-likeness (QED) is 0.303. The fraction of sp³-hybridized carbons (Fsp3) is 0.222. The Morgan fingerprint density at radius 2 is 2.00 bits per heavy atom. The van der Waals surface area contributed by atoms with Gasteiger partial charge in [-0.1, -0.05) is 18.4 Å². The molecule has 0 heterocycles. The molecular weight excluding hydrogens is 124 g/mol. The lowest BCUT2D eigenvalue weighted by Crippen LogP contribution is -1.70. The van der Waals surface area contributed by atoms with Crippen LogP contribution in [0.2, 0.25) is 0 Å². The lowest BCUT2D eigenvalue weighted by molar-refractivity contribution is -0.104. The van der Waals surface area contributed by atoms with Crippen LogP contribution in [0, 0.1) is 11.8 Å². The molecule has 0 unspecified atom stereocenters. The average Bonchev–Trinajstić information content (AvgIpc) is 1.85. The number of aldehydes is 1. The Kier molecular flexibility index (Phi) is 3.99. The molecule has 0 amide bonds. The summed E-state index contributed by atoms with van der Waals surface area (Å²) in [6.07, 6.45) is 2.15. The van der Waals surface area contributed by atoms with Gasteiger partial charge in [0.05, 0.1) is 0 Å². The Labute approximate surface area is 61.4 Å². The number of hydrogen-bond donors (Lipinski definition) is 0. The van der Waals surface area contributed by atoms with Crippen LogP contribution in [0.25, 0.3) is 0 Å². The Balaban J connectivity index is 4.17. The second-order valence-electron chi connectivity index (χ2n) is 2.02. The highest BCUT2D eigenvalue weighted by Crippen LogP contribution is 1.88. The van der Waals surface area contributed by atoms with E-state index in [-0.39, 0.29) is 0 Å². The number of rotatable bonds is 1.